The Morgan fingerprint density at radius 2 is 2.38 bits per heavy atom. The molecule has 1 saturated carbocycles. The van der Waals surface area contributed by atoms with Gasteiger partial charge in [0.15, 0.2) is 5.13 Å². The minimum atomic E-state index is 0.256. The van der Waals surface area contributed by atoms with Gasteiger partial charge in [-0.1, -0.05) is 0 Å². The molecule has 1 aromatic heterocycles. The van der Waals surface area contributed by atoms with E-state index in [1.807, 2.05) is 11.6 Å². The smallest absolute Gasteiger partial charge is 0.223 e. The van der Waals surface area contributed by atoms with Crippen molar-refractivity contribution in [1.29, 1.82) is 0 Å². The van der Waals surface area contributed by atoms with Crippen LogP contribution in [0.25, 0.3) is 0 Å². The van der Waals surface area contributed by atoms with Crippen molar-refractivity contribution in [2.24, 2.45) is 5.92 Å². The van der Waals surface area contributed by atoms with E-state index in [2.05, 4.69) is 15.2 Å². The lowest BCUT2D eigenvalue weighted by molar-refractivity contribution is -0.122. The number of aromatic nitrogens is 1. The van der Waals surface area contributed by atoms with E-state index in [9.17, 15) is 4.79 Å². The normalized spacial score (nSPS) is 24.8. The summed E-state index contributed by atoms with van der Waals surface area (Å²) in [5.41, 5.74) is 0. The van der Waals surface area contributed by atoms with Gasteiger partial charge in [0.05, 0.1) is 0 Å². The Kier molecular flexibility index (Phi) is 2.55. The number of anilines is 1. The standard InChI is InChI=1S/C11H15N3OS/c15-10(8-1-2-8)13-9-3-5-14(7-9)11-12-4-6-16-11/h4,6,8-9H,1-3,5,7H2,(H,13,15)/t9-/m1/s1. The van der Waals surface area contributed by atoms with Gasteiger partial charge in [-0.05, 0) is 19.3 Å². The van der Waals surface area contributed by atoms with Crippen LogP contribution < -0.4 is 10.2 Å². The van der Waals surface area contributed by atoms with Crippen molar-refractivity contribution in [2.45, 2.75) is 25.3 Å². The molecule has 2 heterocycles. The molecule has 0 bridgehead atoms. The quantitative estimate of drug-likeness (QED) is 0.860. The summed E-state index contributed by atoms with van der Waals surface area (Å²) in [5, 5.41) is 6.19. The van der Waals surface area contributed by atoms with Crippen LogP contribution in [0.4, 0.5) is 5.13 Å². The molecular weight excluding hydrogens is 222 g/mol. The lowest BCUT2D eigenvalue weighted by Crippen LogP contribution is -2.37. The van der Waals surface area contributed by atoms with Crippen molar-refractivity contribution >= 4 is 22.4 Å². The number of hydrogen-bond donors (Lipinski definition) is 1. The van der Waals surface area contributed by atoms with Gasteiger partial charge in [-0.25, -0.2) is 4.98 Å². The van der Waals surface area contributed by atoms with Crippen molar-refractivity contribution < 1.29 is 4.79 Å². The Balaban J connectivity index is 1.54. The van der Waals surface area contributed by atoms with E-state index < -0.39 is 0 Å². The van der Waals surface area contributed by atoms with Crippen molar-refractivity contribution in [1.82, 2.24) is 10.3 Å². The lowest BCUT2D eigenvalue weighted by atomic mass is 10.2. The van der Waals surface area contributed by atoms with Crippen LogP contribution in [0.5, 0.6) is 0 Å². The summed E-state index contributed by atoms with van der Waals surface area (Å²) in [4.78, 5) is 18.2. The summed E-state index contributed by atoms with van der Waals surface area (Å²) in [5.74, 6) is 0.569. The van der Waals surface area contributed by atoms with Crippen LogP contribution >= 0.6 is 11.3 Å². The lowest BCUT2D eigenvalue weighted by Gasteiger charge is -2.15. The number of thiazole rings is 1. The van der Waals surface area contributed by atoms with Crippen LogP contribution in [-0.2, 0) is 4.79 Å². The Labute approximate surface area is 98.7 Å². The molecule has 1 aliphatic carbocycles. The maximum absolute atomic E-state index is 11.6. The maximum Gasteiger partial charge on any atom is 0.223 e. The molecule has 4 nitrogen and oxygen atoms in total. The van der Waals surface area contributed by atoms with Crippen LogP contribution in [0, 0.1) is 5.92 Å². The zero-order valence-electron chi connectivity index (χ0n) is 9.06. The van der Waals surface area contributed by atoms with Crippen LogP contribution in [0.1, 0.15) is 19.3 Å². The zero-order chi connectivity index (χ0) is 11.0. The predicted molar refractivity (Wildman–Crippen MR) is 63.6 cm³/mol. The third-order valence-corrected chi connectivity index (χ3v) is 4.00. The van der Waals surface area contributed by atoms with Crippen molar-refractivity contribution in [3.05, 3.63) is 11.6 Å². The average Bonchev–Trinajstić information content (AvgIpc) is 2.80. The van der Waals surface area contributed by atoms with Crippen LogP contribution in [-0.4, -0.2) is 30.0 Å². The first-order valence-corrected chi connectivity index (χ1v) is 6.66. The van der Waals surface area contributed by atoms with Crippen molar-refractivity contribution in [3.8, 4) is 0 Å². The number of hydrogen-bond acceptors (Lipinski definition) is 4. The Hall–Kier alpha value is -1.10. The minimum Gasteiger partial charge on any atom is -0.351 e. The fourth-order valence-corrected chi connectivity index (χ4v) is 2.77. The maximum atomic E-state index is 11.6. The molecular formula is C11H15N3OS. The van der Waals surface area contributed by atoms with Crippen LogP contribution in [0.15, 0.2) is 11.6 Å². The summed E-state index contributed by atoms with van der Waals surface area (Å²) in [6.45, 7) is 1.91. The molecule has 3 rings (SSSR count). The van der Waals surface area contributed by atoms with E-state index in [1.165, 1.54) is 0 Å². The molecule has 1 atom stereocenters. The summed E-state index contributed by atoms with van der Waals surface area (Å²) in [6.07, 6.45) is 5.03. The second-order valence-electron chi connectivity index (χ2n) is 4.53. The predicted octanol–water partition coefficient (Wildman–Crippen LogP) is 1.25. The molecule has 1 saturated heterocycles. The van der Waals surface area contributed by atoms with Crippen LogP contribution in [0.2, 0.25) is 0 Å². The molecule has 5 heteroatoms. The number of carbonyl (C=O) groups is 1. The average molecular weight is 237 g/mol. The SMILES string of the molecule is O=C(N[C@@H]1CCN(c2nccs2)C1)C1CC1. The fraction of sp³-hybridized carbons (Fsp3) is 0.636. The molecule has 0 aromatic carbocycles. The molecule has 0 radical (unpaired) electrons. The molecule has 86 valence electrons. The van der Waals surface area contributed by atoms with Crippen molar-refractivity contribution in [3.63, 3.8) is 0 Å². The number of nitrogens with one attached hydrogen (secondary N) is 1. The van der Waals surface area contributed by atoms with Gasteiger partial charge in [0.2, 0.25) is 5.91 Å². The first-order chi connectivity index (χ1) is 7.83. The monoisotopic (exact) mass is 237 g/mol. The topological polar surface area (TPSA) is 45.2 Å². The molecule has 2 aliphatic rings. The third kappa shape index (κ3) is 2.04. The highest BCUT2D eigenvalue weighted by Gasteiger charge is 2.33. The van der Waals surface area contributed by atoms with Gasteiger partial charge in [0.25, 0.3) is 0 Å². The number of rotatable bonds is 3. The van der Waals surface area contributed by atoms with Gasteiger partial charge >= 0.3 is 0 Å². The van der Waals surface area contributed by atoms with E-state index in [4.69, 9.17) is 0 Å². The van der Waals surface area contributed by atoms with Gasteiger partial charge in [0.1, 0.15) is 0 Å². The van der Waals surface area contributed by atoms with E-state index in [0.29, 0.717) is 12.0 Å². The van der Waals surface area contributed by atoms with E-state index >= 15 is 0 Å². The Morgan fingerprint density at radius 1 is 1.50 bits per heavy atom. The number of nitrogens with zero attached hydrogens (tertiary/aromatic N) is 2. The van der Waals surface area contributed by atoms with Crippen molar-refractivity contribution in [2.75, 3.05) is 18.0 Å². The van der Waals surface area contributed by atoms with Gasteiger partial charge in [-0.15, -0.1) is 11.3 Å². The molecule has 2 fully saturated rings. The van der Waals surface area contributed by atoms with Gasteiger partial charge in [0, 0.05) is 36.6 Å². The third-order valence-electron chi connectivity index (χ3n) is 3.17. The number of amides is 1. The molecule has 0 unspecified atom stereocenters. The number of carbonyl (C=O) groups excluding carboxylic acids is 1. The van der Waals surface area contributed by atoms with Gasteiger partial charge < -0.3 is 10.2 Å². The molecule has 0 spiro atoms. The zero-order valence-corrected chi connectivity index (χ0v) is 9.87. The first kappa shape index (κ1) is 10.1. The highest BCUT2D eigenvalue weighted by atomic mass is 32.1. The molecule has 16 heavy (non-hydrogen) atoms. The van der Waals surface area contributed by atoms with Gasteiger partial charge in [-0.3, -0.25) is 4.79 Å². The molecule has 1 aromatic rings. The molecule has 1 amide bonds. The van der Waals surface area contributed by atoms with E-state index in [1.54, 1.807) is 11.3 Å². The first-order valence-electron chi connectivity index (χ1n) is 5.78. The Morgan fingerprint density at radius 3 is 3.06 bits per heavy atom. The molecule has 1 aliphatic heterocycles. The van der Waals surface area contributed by atoms with Crippen LogP contribution in [0.3, 0.4) is 0 Å². The molecule has 1 N–H and O–H groups in total. The summed E-state index contributed by atoms with van der Waals surface area (Å²) >= 11 is 1.66. The summed E-state index contributed by atoms with van der Waals surface area (Å²) in [6, 6.07) is 0.317. The fourth-order valence-electron chi connectivity index (χ4n) is 2.09. The Bertz CT molecular complexity index is 375. The largest absolute Gasteiger partial charge is 0.351 e. The van der Waals surface area contributed by atoms with E-state index in [-0.39, 0.29) is 5.91 Å². The highest BCUT2D eigenvalue weighted by molar-refractivity contribution is 7.13. The highest BCUT2D eigenvalue weighted by Crippen LogP contribution is 2.29. The van der Waals surface area contributed by atoms with Gasteiger partial charge in [-0.2, -0.15) is 0 Å². The second kappa shape index (κ2) is 4.05. The van der Waals surface area contributed by atoms with E-state index in [0.717, 1.165) is 37.5 Å². The minimum absolute atomic E-state index is 0.256. The summed E-state index contributed by atoms with van der Waals surface area (Å²) in [7, 11) is 0. The second-order valence-corrected chi connectivity index (χ2v) is 5.40. The summed E-state index contributed by atoms with van der Waals surface area (Å²) < 4.78 is 0.